The first-order valence-electron chi connectivity index (χ1n) is 13.4. The smallest absolute Gasteiger partial charge is 0.327 e. The molecule has 0 saturated carbocycles. The predicted molar refractivity (Wildman–Crippen MR) is 146 cm³/mol. The maximum absolute atomic E-state index is 14.3. The summed E-state index contributed by atoms with van der Waals surface area (Å²) < 4.78 is 14.3. The van der Waals surface area contributed by atoms with Crippen molar-refractivity contribution in [3.05, 3.63) is 65.1 Å². The van der Waals surface area contributed by atoms with Gasteiger partial charge in [-0.1, -0.05) is 31.5 Å². The number of halogens is 1. The van der Waals surface area contributed by atoms with Crippen LogP contribution in [-0.2, 0) is 16.1 Å². The zero-order chi connectivity index (χ0) is 28.8. The maximum atomic E-state index is 14.3. The molecule has 3 heterocycles. The molecular formula is C29H33FN6O4. The number of imide groups is 1. The highest BCUT2D eigenvalue weighted by atomic mass is 19.1. The molecule has 2 fully saturated rings. The molecule has 2 N–H and O–H groups in total. The molecule has 0 bridgehead atoms. The van der Waals surface area contributed by atoms with Gasteiger partial charge in [0.15, 0.2) is 0 Å². The maximum Gasteiger partial charge on any atom is 0.327 e. The number of rotatable bonds is 6. The molecule has 0 radical (unpaired) electrons. The van der Waals surface area contributed by atoms with E-state index in [-0.39, 0.29) is 61.8 Å². The van der Waals surface area contributed by atoms with Gasteiger partial charge in [-0.25, -0.2) is 9.18 Å². The molecule has 210 valence electrons. The summed E-state index contributed by atoms with van der Waals surface area (Å²) in [5, 5.41) is 10.6. The summed E-state index contributed by atoms with van der Waals surface area (Å²) >= 11 is 0. The molecule has 5 rings (SSSR count). The van der Waals surface area contributed by atoms with Crippen molar-refractivity contribution in [3.8, 4) is 0 Å². The SMILES string of the molecule is Cc1ccc(F)c(C(=O)N[C@@H](C(=O)N2CCC3(CC2)C(=O)N(C)C(=O)N3Cc2ccc3[nH]ncc3c2)C(C)C)c1. The van der Waals surface area contributed by atoms with E-state index in [1.807, 2.05) is 32.0 Å². The molecule has 0 aliphatic carbocycles. The average Bonchev–Trinajstić information content (AvgIpc) is 3.47. The van der Waals surface area contributed by atoms with Gasteiger partial charge in [0.25, 0.3) is 11.8 Å². The first kappa shape index (κ1) is 27.3. The Morgan fingerprint density at radius 3 is 2.55 bits per heavy atom. The van der Waals surface area contributed by atoms with Crippen LogP contribution in [0.4, 0.5) is 9.18 Å². The van der Waals surface area contributed by atoms with Crippen molar-refractivity contribution >= 4 is 34.7 Å². The molecule has 1 atom stereocenters. The Bertz CT molecular complexity index is 1490. The van der Waals surface area contributed by atoms with Crippen LogP contribution in [0.25, 0.3) is 10.9 Å². The number of piperidine rings is 1. The molecule has 3 aromatic rings. The summed E-state index contributed by atoms with van der Waals surface area (Å²) in [6, 6.07) is 8.75. The second kappa shape index (κ2) is 10.4. The van der Waals surface area contributed by atoms with Crippen LogP contribution in [0.3, 0.4) is 0 Å². The Balaban J connectivity index is 1.32. The van der Waals surface area contributed by atoms with E-state index >= 15 is 0 Å². The number of hydrogen-bond donors (Lipinski definition) is 2. The molecule has 10 nitrogen and oxygen atoms in total. The Labute approximate surface area is 231 Å². The van der Waals surface area contributed by atoms with E-state index in [9.17, 15) is 23.6 Å². The molecular weight excluding hydrogens is 515 g/mol. The standard InChI is InChI=1S/C29H33FN6O4/c1-17(2)24(32-25(37)21-13-18(3)5-7-22(21)30)26(38)35-11-9-29(10-12-35)27(39)34(4)28(40)36(29)16-19-6-8-23-20(14-19)15-31-33-23/h5-8,13-15,17,24H,9-12,16H2,1-4H3,(H,31,33)(H,32,37)/t24-/m1/s1. The Morgan fingerprint density at radius 1 is 1.12 bits per heavy atom. The molecule has 1 aromatic heterocycles. The highest BCUT2D eigenvalue weighted by molar-refractivity contribution is 6.07. The molecule has 1 spiro atoms. The number of aryl methyl sites for hydroxylation is 1. The van der Waals surface area contributed by atoms with E-state index in [1.54, 1.807) is 29.0 Å². The van der Waals surface area contributed by atoms with Gasteiger partial charge in [0.1, 0.15) is 17.4 Å². The molecule has 2 aromatic carbocycles. The van der Waals surface area contributed by atoms with Crippen LogP contribution >= 0.6 is 0 Å². The number of benzene rings is 2. The van der Waals surface area contributed by atoms with Gasteiger partial charge in [0, 0.05) is 32.1 Å². The van der Waals surface area contributed by atoms with E-state index in [4.69, 9.17) is 0 Å². The minimum absolute atomic E-state index is 0.113. The minimum atomic E-state index is -1.06. The van der Waals surface area contributed by atoms with Crippen molar-refractivity contribution in [3.63, 3.8) is 0 Å². The first-order valence-corrected chi connectivity index (χ1v) is 13.4. The summed E-state index contributed by atoms with van der Waals surface area (Å²) in [4.78, 5) is 57.4. The summed E-state index contributed by atoms with van der Waals surface area (Å²) in [5.41, 5.74) is 1.31. The molecule has 5 amide bonds. The van der Waals surface area contributed by atoms with Crippen molar-refractivity contribution in [1.82, 2.24) is 30.2 Å². The van der Waals surface area contributed by atoms with Crippen molar-refractivity contribution in [2.75, 3.05) is 20.1 Å². The fourth-order valence-electron chi connectivity index (χ4n) is 5.69. The third-order valence-corrected chi connectivity index (χ3v) is 8.07. The fraction of sp³-hybridized carbons (Fsp3) is 0.414. The van der Waals surface area contributed by atoms with Crippen molar-refractivity contribution in [1.29, 1.82) is 0 Å². The highest BCUT2D eigenvalue weighted by Gasteiger charge is 2.57. The summed E-state index contributed by atoms with van der Waals surface area (Å²) in [5.74, 6) is -2.14. The van der Waals surface area contributed by atoms with Crippen LogP contribution in [0.2, 0.25) is 0 Å². The fourth-order valence-corrected chi connectivity index (χ4v) is 5.69. The van der Waals surface area contributed by atoms with Crippen molar-refractivity contribution in [2.24, 2.45) is 5.92 Å². The molecule has 2 aliphatic heterocycles. The van der Waals surface area contributed by atoms with Crippen LogP contribution < -0.4 is 5.32 Å². The Morgan fingerprint density at radius 2 is 1.85 bits per heavy atom. The lowest BCUT2D eigenvalue weighted by Gasteiger charge is -2.43. The number of aromatic nitrogens is 2. The number of carbonyl (C=O) groups is 4. The van der Waals surface area contributed by atoms with Crippen molar-refractivity contribution in [2.45, 2.75) is 51.7 Å². The van der Waals surface area contributed by atoms with Gasteiger partial charge in [-0.2, -0.15) is 5.10 Å². The number of amides is 5. The van der Waals surface area contributed by atoms with Crippen LogP contribution in [0.15, 0.2) is 42.6 Å². The molecule has 2 aliphatic rings. The normalized spacial score (nSPS) is 17.8. The van der Waals surface area contributed by atoms with E-state index < -0.39 is 23.3 Å². The van der Waals surface area contributed by atoms with Gasteiger partial charge in [-0.05, 0) is 55.5 Å². The zero-order valence-electron chi connectivity index (χ0n) is 23.0. The van der Waals surface area contributed by atoms with Crippen LogP contribution in [0.5, 0.6) is 0 Å². The first-order chi connectivity index (χ1) is 19.0. The lowest BCUT2D eigenvalue weighted by atomic mass is 9.85. The second-order valence-electron chi connectivity index (χ2n) is 11.1. The lowest BCUT2D eigenvalue weighted by molar-refractivity contribution is -0.142. The topological polar surface area (TPSA) is 119 Å². The summed E-state index contributed by atoms with van der Waals surface area (Å²) in [6.45, 7) is 6.11. The number of nitrogens with zero attached hydrogens (tertiary/aromatic N) is 4. The van der Waals surface area contributed by atoms with Crippen LogP contribution in [0, 0.1) is 18.7 Å². The molecule has 40 heavy (non-hydrogen) atoms. The Hall–Kier alpha value is -4.28. The summed E-state index contributed by atoms with van der Waals surface area (Å²) in [7, 11) is 1.48. The van der Waals surface area contributed by atoms with Crippen molar-refractivity contribution < 1.29 is 23.6 Å². The number of carbonyl (C=O) groups excluding carboxylic acids is 4. The number of fused-ring (bicyclic) bond motifs is 1. The van der Waals surface area contributed by atoms with Crippen LogP contribution in [-0.4, -0.2) is 80.4 Å². The average molecular weight is 549 g/mol. The van der Waals surface area contributed by atoms with Gasteiger partial charge in [-0.3, -0.25) is 24.4 Å². The monoisotopic (exact) mass is 548 g/mol. The largest absolute Gasteiger partial charge is 0.341 e. The van der Waals surface area contributed by atoms with Gasteiger partial charge < -0.3 is 15.1 Å². The van der Waals surface area contributed by atoms with E-state index in [1.165, 1.54) is 19.2 Å². The minimum Gasteiger partial charge on any atom is -0.341 e. The van der Waals surface area contributed by atoms with Gasteiger partial charge in [0.2, 0.25) is 5.91 Å². The van der Waals surface area contributed by atoms with Gasteiger partial charge in [0.05, 0.1) is 17.3 Å². The molecule has 0 unspecified atom stereocenters. The summed E-state index contributed by atoms with van der Waals surface area (Å²) in [6.07, 6.45) is 2.25. The molecule has 11 heteroatoms. The van der Waals surface area contributed by atoms with E-state index in [2.05, 4.69) is 15.5 Å². The second-order valence-corrected chi connectivity index (χ2v) is 11.1. The van der Waals surface area contributed by atoms with Crippen LogP contribution in [0.1, 0.15) is 48.2 Å². The van der Waals surface area contributed by atoms with E-state index in [0.717, 1.165) is 26.9 Å². The Kier molecular flexibility index (Phi) is 7.07. The highest BCUT2D eigenvalue weighted by Crippen LogP contribution is 2.38. The third kappa shape index (κ3) is 4.69. The lowest BCUT2D eigenvalue weighted by Crippen LogP contribution is -2.60. The zero-order valence-corrected chi connectivity index (χ0v) is 23.0. The third-order valence-electron chi connectivity index (χ3n) is 8.07. The number of hydrogen-bond acceptors (Lipinski definition) is 5. The number of likely N-dealkylation sites (tertiary alicyclic amines) is 1. The number of H-pyrrole nitrogens is 1. The van der Waals surface area contributed by atoms with E-state index in [0.29, 0.717) is 0 Å². The van der Waals surface area contributed by atoms with Gasteiger partial charge in [-0.15, -0.1) is 0 Å². The number of likely N-dealkylation sites (N-methyl/N-ethyl adjacent to an activating group) is 1. The molecule has 2 saturated heterocycles. The number of urea groups is 1. The van der Waals surface area contributed by atoms with Gasteiger partial charge >= 0.3 is 6.03 Å². The number of aromatic amines is 1. The predicted octanol–water partition coefficient (Wildman–Crippen LogP) is 3.22. The quantitative estimate of drug-likeness (QED) is 0.459. The number of nitrogens with one attached hydrogen (secondary N) is 2.